The van der Waals surface area contributed by atoms with Crippen LogP contribution in [0.3, 0.4) is 0 Å². The number of likely N-dealkylation sites (tertiary alicyclic amines) is 1. The Morgan fingerprint density at radius 3 is 2.82 bits per heavy atom. The largest absolute Gasteiger partial charge is 0.446 e. The molecule has 3 atom stereocenters. The van der Waals surface area contributed by atoms with Gasteiger partial charge in [-0.05, 0) is 84.3 Å². The lowest BCUT2D eigenvalue weighted by molar-refractivity contribution is -0.132. The van der Waals surface area contributed by atoms with Gasteiger partial charge in [-0.3, -0.25) is 4.79 Å². The second kappa shape index (κ2) is 7.14. The van der Waals surface area contributed by atoms with Crippen LogP contribution in [0.5, 0.6) is 0 Å². The molecule has 1 aromatic heterocycles. The molecule has 0 bridgehead atoms. The Labute approximate surface area is 173 Å². The SMILES string of the molecule is CC1=CC(C(=O)N2CCCC3CCCCC32)=CC2=NC(c3ccc(Br)o3)=NC12. The highest BCUT2D eigenvalue weighted by Gasteiger charge is 2.37. The number of halogens is 1. The number of hydrogen-bond donors (Lipinski definition) is 0. The Bertz CT molecular complexity index is 937. The summed E-state index contributed by atoms with van der Waals surface area (Å²) >= 11 is 3.32. The van der Waals surface area contributed by atoms with E-state index in [0.29, 0.717) is 28.2 Å². The van der Waals surface area contributed by atoms with Crippen molar-refractivity contribution in [2.24, 2.45) is 15.9 Å². The molecule has 2 aliphatic heterocycles. The topological polar surface area (TPSA) is 58.2 Å². The van der Waals surface area contributed by atoms with Gasteiger partial charge in [-0.1, -0.05) is 12.8 Å². The van der Waals surface area contributed by atoms with Crippen LogP contribution in [0, 0.1) is 5.92 Å². The molecule has 5 rings (SSSR count). The predicted octanol–water partition coefficient (Wildman–Crippen LogP) is 4.68. The third-order valence-electron chi connectivity index (χ3n) is 6.43. The second-order valence-electron chi connectivity index (χ2n) is 8.24. The third-order valence-corrected chi connectivity index (χ3v) is 6.86. The summed E-state index contributed by atoms with van der Waals surface area (Å²) in [5, 5.41) is 0. The third kappa shape index (κ3) is 3.11. The molecule has 1 saturated carbocycles. The summed E-state index contributed by atoms with van der Waals surface area (Å²) in [7, 11) is 0. The number of amides is 1. The minimum absolute atomic E-state index is 0.112. The first-order chi connectivity index (χ1) is 13.6. The fraction of sp³-hybridized carbons (Fsp3) is 0.500. The molecule has 4 aliphatic rings. The number of amidine groups is 1. The molecule has 3 unspecified atom stereocenters. The molecule has 0 radical (unpaired) electrons. The van der Waals surface area contributed by atoms with Crippen molar-refractivity contribution in [2.75, 3.05) is 6.54 Å². The van der Waals surface area contributed by atoms with Crippen LogP contribution in [-0.4, -0.2) is 41.0 Å². The van der Waals surface area contributed by atoms with Crippen LogP contribution in [0.2, 0.25) is 0 Å². The van der Waals surface area contributed by atoms with Crippen molar-refractivity contribution in [3.8, 4) is 0 Å². The molecule has 1 aromatic rings. The maximum Gasteiger partial charge on any atom is 0.254 e. The molecule has 6 heteroatoms. The van der Waals surface area contributed by atoms with Crippen molar-refractivity contribution in [2.45, 2.75) is 57.5 Å². The van der Waals surface area contributed by atoms with Gasteiger partial charge in [0, 0.05) is 18.2 Å². The van der Waals surface area contributed by atoms with Gasteiger partial charge < -0.3 is 9.32 Å². The van der Waals surface area contributed by atoms with E-state index in [4.69, 9.17) is 9.41 Å². The number of carbonyl (C=O) groups is 1. The first kappa shape index (κ1) is 18.1. The van der Waals surface area contributed by atoms with E-state index in [9.17, 15) is 4.79 Å². The Morgan fingerprint density at radius 2 is 2.00 bits per heavy atom. The molecule has 0 N–H and O–H groups in total. The number of nitrogens with zero attached hydrogens (tertiary/aromatic N) is 3. The molecule has 3 heterocycles. The molecule has 0 aromatic carbocycles. The normalized spacial score (nSPS) is 29.4. The zero-order valence-corrected chi connectivity index (χ0v) is 17.6. The molecular formula is C22H24BrN3O2. The van der Waals surface area contributed by atoms with Crippen LogP contribution < -0.4 is 0 Å². The number of furan rings is 1. The van der Waals surface area contributed by atoms with Crippen LogP contribution >= 0.6 is 15.9 Å². The lowest BCUT2D eigenvalue weighted by Crippen LogP contribution is -2.50. The molecule has 1 saturated heterocycles. The summed E-state index contributed by atoms with van der Waals surface area (Å²) in [6.07, 6.45) is 11.3. The lowest BCUT2D eigenvalue weighted by atomic mass is 9.78. The van der Waals surface area contributed by atoms with Crippen LogP contribution in [-0.2, 0) is 4.79 Å². The van der Waals surface area contributed by atoms with Gasteiger partial charge in [-0.25, -0.2) is 9.98 Å². The first-order valence-corrected chi connectivity index (χ1v) is 11.0. The van der Waals surface area contributed by atoms with Gasteiger partial charge in [0.05, 0.1) is 5.71 Å². The van der Waals surface area contributed by atoms with Gasteiger partial charge in [0.25, 0.3) is 5.91 Å². The average Bonchev–Trinajstić information content (AvgIpc) is 3.33. The van der Waals surface area contributed by atoms with Gasteiger partial charge in [0.1, 0.15) is 6.04 Å². The molecule has 146 valence electrons. The van der Waals surface area contributed by atoms with E-state index in [1.807, 2.05) is 31.2 Å². The molecule has 0 spiro atoms. The summed E-state index contributed by atoms with van der Waals surface area (Å²) in [5.41, 5.74) is 2.64. The Morgan fingerprint density at radius 1 is 1.18 bits per heavy atom. The number of aliphatic imine (C=N–C) groups is 2. The number of piperidine rings is 1. The number of carbonyl (C=O) groups excluding carboxylic acids is 1. The van der Waals surface area contributed by atoms with Crippen LogP contribution in [0.4, 0.5) is 0 Å². The summed E-state index contributed by atoms with van der Waals surface area (Å²) in [5.74, 6) is 2.08. The molecule has 2 fully saturated rings. The number of rotatable bonds is 2. The van der Waals surface area contributed by atoms with Gasteiger partial charge in [-0.15, -0.1) is 0 Å². The summed E-state index contributed by atoms with van der Waals surface area (Å²) < 4.78 is 6.26. The maximum atomic E-state index is 13.4. The lowest BCUT2D eigenvalue weighted by Gasteiger charge is -2.44. The molecular weight excluding hydrogens is 418 g/mol. The fourth-order valence-electron chi connectivity index (χ4n) is 5.09. The predicted molar refractivity (Wildman–Crippen MR) is 113 cm³/mol. The van der Waals surface area contributed by atoms with Gasteiger partial charge >= 0.3 is 0 Å². The maximum absolute atomic E-state index is 13.4. The van der Waals surface area contributed by atoms with Crippen LogP contribution in [0.1, 0.15) is 51.2 Å². The minimum atomic E-state index is -0.112. The highest BCUT2D eigenvalue weighted by Crippen LogP contribution is 2.36. The van der Waals surface area contributed by atoms with E-state index in [1.165, 1.54) is 25.7 Å². The highest BCUT2D eigenvalue weighted by atomic mass is 79.9. The minimum Gasteiger partial charge on any atom is -0.446 e. The zero-order chi connectivity index (χ0) is 19.3. The number of fused-ring (bicyclic) bond motifs is 2. The number of hydrogen-bond acceptors (Lipinski definition) is 4. The molecule has 1 amide bonds. The second-order valence-corrected chi connectivity index (χ2v) is 9.02. The average molecular weight is 442 g/mol. The van der Waals surface area contributed by atoms with Crippen molar-refractivity contribution in [1.29, 1.82) is 0 Å². The molecule has 2 aliphatic carbocycles. The fourth-order valence-corrected chi connectivity index (χ4v) is 5.40. The van der Waals surface area contributed by atoms with Crippen LogP contribution in [0.25, 0.3) is 0 Å². The summed E-state index contributed by atoms with van der Waals surface area (Å²) in [6, 6.07) is 4.00. The standard InChI is InChI=1S/C22H24BrN3O2/c1-13-11-15(22(27)26-10-4-6-14-5-2-3-7-17(14)26)12-16-20(13)25-21(24-16)18-8-9-19(23)28-18/h8-9,11-12,14,17,20H,2-7,10H2,1H3. The van der Waals surface area contributed by atoms with E-state index >= 15 is 0 Å². The molecule has 5 nitrogen and oxygen atoms in total. The Kier molecular flexibility index (Phi) is 4.62. The van der Waals surface area contributed by atoms with Crippen molar-refractivity contribution in [3.05, 3.63) is 45.9 Å². The first-order valence-electron chi connectivity index (χ1n) is 10.2. The quantitative estimate of drug-likeness (QED) is 0.668. The van der Waals surface area contributed by atoms with E-state index in [2.05, 4.69) is 25.8 Å². The zero-order valence-electron chi connectivity index (χ0n) is 16.0. The molecule has 28 heavy (non-hydrogen) atoms. The van der Waals surface area contributed by atoms with E-state index in [-0.39, 0.29) is 11.9 Å². The van der Waals surface area contributed by atoms with Crippen molar-refractivity contribution in [1.82, 2.24) is 4.90 Å². The smallest absolute Gasteiger partial charge is 0.254 e. The van der Waals surface area contributed by atoms with E-state index < -0.39 is 0 Å². The van der Waals surface area contributed by atoms with Crippen molar-refractivity contribution < 1.29 is 9.21 Å². The van der Waals surface area contributed by atoms with Crippen molar-refractivity contribution in [3.63, 3.8) is 0 Å². The Hall–Kier alpha value is -1.95. The van der Waals surface area contributed by atoms with Gasteiger partial charge in [0.15, 0.2) is 16.3 Å². The van der Waals surface area contributed by atoms with E-state index in [0.717, 1.165) is 36.2 Å². The van der Waals surface area contributed by atoms with Crippen LogP contribution in [0.15, 0.2) is 54.5 Å². The summed E-state index contributed by atoms with van der Waals surface area (Å²) in [4.78, 5) is 24.9. The summed E-state index contributed by atoms with van der Waals surface area (Å²) in [6.45, 7) is 2.91. The van der Waals surface area contributed by atoms with Gasteiger partial charge in [0.2, 0.25) is 0 Å². The highest BCUT2D eigenvalue weighted by molar-refractivity contribution is 9.10. The van der Waals surface area contributed by atoms with E-state index in [1.54, 1.807) is 0 Å². The Balaban J connectivity index is 1.41. The van der Waals surface area contributed by atoms with Crippen molar-refractivity contribution >= 4 is 33.4 Å². The monoisotopic (exact) mass is 441 g/mol. The van der Waals surface area contributed by atoms with Gasteiger partial charge in [-0.2, -0.15) is 0 Å².